The summed E-state index contributed by atoms with van der Waals surface area (Å²) in [5.41, 5.74) is 0.397. The highest BCUT2D eigenvalue weighted by molar-refractivity contribution is 6.11. The molecule has 1 aromatic carbocycles. The summed E-state index contributed by atoms with van der Waals surface area (Å²) in [7, 11) is 6.02. The minimum absolute atomic E-state index is 0.224. The zero-order valence-corrected chi connectivity index (χ0v) is 12.2. The van der Waals surface area contributed by atoms with Crippen LogP contribution in [0.1, 0.15) is 25.3 Å². The highest BCUT2D eigenvalue weighted by Gasteiger charge is 2.51. The van der Waals surface area contributed by atoms with Gasteiger partial charge in [0.1, 0.15) is 14.5 Å². The van der Waals surface area contributed by atoms with Crippen LogP contribution in [0, 0.1) is 11.8 Å². The molecule has 3 rings (SSSR count). The molecule has 0 N–H and O–H groups in total. The Morgan fingerprint density at radius 1 is 1.43 bits per heavy atom. The van der Waals surface area contributed by atoms with Crippen molar-refractivity contribution in [2.45, 2.75) is 38.0 Å². The van der Waals surface area contributed by atoms with E-state index in [1.54, 1.807) is 0 Å². The van der Waals surface area contributed by atoms with Crippen LogP contribution in [0.25, 0.3) is 0 Å². The third-order valence-electron chi connectivity index (χ3n) is 4.66. The first-order valence-electron chi connectivity index (χ1n) is 7.41. The number of fused-ring (bicyclic) bond motifs is 2. The number of carbonyl (C=O) groups excluding carboxylic acids is 1. The Hall–Kier alpha value is -1.55. The topological polar surface area (TPSA) is 35.5 Å². The van der Waals surface area contributed by atoms with Crippen LogP contribution in [-0.4, -0.2) is 25.4 Å². The Morgan fingerprint density at radius 2 is 2.19 bits per heavy atom. The van der Waals surface area contributed by atoms with Crippen molar-refractivity contribution < 1.29 is 14.3 Å². The van der Waals surface area contributed by atoms with E-state index >= 15 is 0 Å². The molecule has 1 aliphatic heterocycles. The van der Waals surface area contributed by atoms with Crippen molar-refractivity contribution in [3.8, 4) is 0 Å². The molecule has 1 heterocycles. The number of ether oxygens (including phenoxy) is 2. The number of rotatable bonds is 4. The lowest BCUT2D eigenvalue weighted by Crippen LogP contribution is -2.38. The molecular weight excluding hydrogens is 263 g/mol. The largest absolute Gasteiger partial charge is 0.461 e. The third kappa shape index (κ3) is 2.77. The predicted molar refractivity (Wildman–Crippen MR) is 80.6 cm³/mol. The molecule has 1 unspecified atom stereocenters. The molecule has 2 bridgehead atoms. The van der Waals surface area contributed by atoms with Gasteiger partial charge in [0.15, 0.2) is 0 Å². The molecule has 4 heteroatoms. The fourth-order valence-corrected chi connectivity index (χ4v) is 3.33. The maximum Gasteiger partial charge on any atom is 0.309 e. The summed E-state index contributed by atoms with van der Waals surface area (Å²) in [6.45, 7) is 2.40. The van der Waals surface area contributed by atoms with Crippen LogP contribution >= 0.6 is 0 Å². The lowest BCUT2D eigenvalue weighted by molar-refractivity contribution is -0.150. The van der Waals surface area contributed by atoms with Gasteiger partial charge in [-0.2, -0.15) is 0 Å². The van der Waals surface area contributed by atoms with Crippen molar-refractivity contribution in [1.29, 1.82) is 0 Å². The molecular formula is C17H19BO3. The summed E-state index contributed by atoms with van der Waals surface area (Å²) in [6.07, 6.45) is 5.21. The van der Waals surface area contributed by atoms with Crippen molar-refractivity contribution in [3.05, 3.63) is 48.0 Å². The van der Waals surface area contributed by atoms with Crippen LogP contribution in [0.15, 0.2) is 42.5 Å². The average Bonchev–Trinajstić information content (AvgIpc) is 2.62. The van der Waals surface area contributed by atoms with Crippen LogP contribution in [0.5, 0.6) is 0 Å². The van der Waals surface area contributed by atoms with E-state index in [9.17, 15) is 4.79 Å². The normalized spacial score (nSPS) is 33.9. The van der Waals surface area contributed by atoms with E-state index < -0.39 is 5.60 Å². The third-order valence-corrected chi connectivity index (χ3v) is 4.66. The Labute approximate surface area is 126 Å². The fourth-order valence-electron chi connectivity index (χ4n) is 3.33. The first-order valence-corrected chi connectivity index (χ1v) is 7.41. The van der Waals surface area contributed by atoms with E-state index in [0.717, 1.165) is 12.0 Å². The highest BCUT2D eigenvalue weighted by atomic mass is 16.5. The maximum atomic E-state index is 12.1. The van der Waals surface area contributed by atoms with Crippen molar-refractivity contribution >= 4 is 13.8 Å². The van der Waals surface area contributed by atoms with Gasteiger partial charge in [0.25, 0.3) is 0 Å². The molecule has 0 saturated carbocycles. The summed E-state index contributed by atoms with van der Waals surface area (Å²) in [4.78, 5) is 12.1. The van der Waals surface area contributed by atoms with E-state index in [4.69, 9.17) is 17.3 Å². The molecule has 3 nitrogen and oxygen atoms in total. The zero-order chi connectivity index (χ0) is 14.9. The molecule has 108 valence electrons. The molecule has 0 spiro atoms. The molecule has 4 atom stereocenters. The Balaban J connectivity index is 1.62. The molecule has 21 heavy (non-hydrogen) atoms. The summed E-state index contributed by atoms with van der Waals surface area (Å²) >= 11 is 0. The number of benzene rings is 1. The molecule has 1 aromatic rings. The van der Waals surface area contributed by atoms with Gasteiger partial charge in [-0.05, 0) is 23.8 Å². The SMILES string of the molecule is [B][C@@H]1O[C@@]2(CC(=O)OCc3ccccc3)C=CC[C@H]1C2C. The van der Waals surface area contributed by atoms with Crippen molar-refractivity contribution in [2.24, 2.45) is 11.8 Å². The van der Waals surface area contributed by atoms with Gasteiger partial charge < -0.3 is 9.47 Å². The van der Waals surface area contributed by atoms with Gasteiger partial charge in [0, 0.05) is 6.00 Å². The summed E-state index contributed by atoms with van der Waals surface area (Å²) in [6, 6.07) is 9.37. The number of allylic oxidation sites excluding steroid dienone is 1. The van der Waals surface area contributed by atoms with Gasteiger partial charge in [0.05, 0.1) is 12.0 Å². The van der Waals surface area contributed by atoms with Gasteiger partial charge in [0.2, 0.25) is 0 Å². The van der Waals surface area contributed by atoms with E-state index in [1.165, 1.54) is 0 Å². The van der Waals surface area contributed by atoms with Gasteiger partial charge in [-0.1, -0.05) is 49.4 Å². The first-order chi connectivity index (χ1) is 10.1. The smallest absolute Gasteiger partial charge is 0.309 e. The van der Waals surface area contributed by atoms with E-state index in [0.29, 0.717) is 6.61 Å². The van der Waals surface area contributed by atoms with Gasteiger partial charge in [-0.3, -0.25) is 4.79 Å². The molecule has 0 amide bonds. The Morgan fingerprint density at radius 3 is 2.95 bits per heavy atom. The van der Waals surface area contributed by atoms with Crippen molar-refractivity contribution in [3.63, 3.8) is 0 Å². The summed E-state index contributed by atoms with van der Waals surface area (Å²) < 4.78 is 11.3. The highest BCUT2D eigenvalue weighted by Crippen LogP contribution is 2.47. The number of hydrogen-bond donors (Lipinski definition) is 0. The second kappa shape index (κ2) is 5.68. The van der Waals surface area contributed by atoms with E-state index in [1.807, 2.05) is 36.4 Å². The quantitative estimate of drug-likeness (QED) is 0.484. The Bertz CT molecular complexity index is 542. The monoisotopic (exact) mass is 282 g/mol. The molecule has 1 aliphatic carbocycles. The molecule has 0 aromatic heterocycles. The summed E-state index contributed by atoms with van der Waals surface area (Å²) in [5, 5.41) is 0. The number of hydrogen-bond acceptors (Lipinski definition) is 3. The first kappa shape index (κ1) is 14.4. The minimum atomic E-state index is -0.587. The number of carbonyl (C=O) groups is 1. The van der Waals surface area contributed by atoms with Gasteiger partial charge in [-0.15, -0.1) is 0 Å². The maximum absolute atomic E-state index is 12.1. The van der Waals surface area contributed by atoms with Crippen LogP contribution in [-0.2, 0) is 20.9 Å². The minimum Gasteiger partial charge on any atom is -0.461 e. The van der Waals surface area contributed by atoms with Gasteiger partial charge >= 0.3 is 5.97 Å². The average molecular weight is 282 g/mol. The van der Waals surface area contributed by atoms with Crippen LogP contribution in [0.3, 0.4) is 0 Å². The molecule has 2 radical (unpaired) electrons. The fraction of sp³-hybridized carbons (Fsp3) is 0.471. The van der Waals surface area contributed by atoms with Crippen LogP contribution in [0.2, 0.25) is 0 Å². The lowest BCUT2D eigenvalue weighted by Gasteiger charge is -2.32. The van der Waals surface area contributed by atoms with E-state index in [-0.39, 0.29) is 30.2 Å². The second-order valence-electron chi connectivity index (χ2n) is 5.95. The number of esters is 1. The summed E-state index contributed by atoms with van der Waals surface area (Å²) in [5.74, 6) is 0.281. The van der Waals surface area contributed by atoms with Crippen molar-refractivity contribution in [2.75, 3.05) is 0 Å². The molecule has 1 saturated heterocycles. The molecule has 2 aliphatic rings. The van der Waals surface area contributed by atoms with Gasteiger partial charge in [-0.25, -0.2) is 0 Å². The van der Waals surface area contributed by atoms with Crippen LogP contribution in [0.4, 0.5) is 0 Å². The predicted octanol–water partition coefficient (Wildman–Crippen LogP) is 2.60. The standard InChI is InChI=1S/C17H19BO3/c1-12-14-8-5-9-17(12,21-16(14)18)10-15(19)20-11-13-6-3-2-4-7-13/h2-7,9,12,14,16H,8,10-11H2,1H3/t12?,14-,16+,17+/m0/s1. The van der Waals surface area contributed by atoms with Crippen molar-refractivity contribution in [1.82, 2.24) is 0 Å². The second-order valence-corrected chi connectivity index (χ2v) is 5.95. The Kier molecular flexibility index (Phi) is 3.90. The zero-order valence-electron chi connectivity index (χ0n) is 12.2. The molecule has 1 fully saturated rings. The van der Waals surface area contributed by atoms with E-state index in [2.05, 4.69) is 13.0 Å². The van der Waals surface area contributed by atoms with Crippen LogP contribution < -0.4 is 0 Å². The lowest BCUT2D eigenvalue weighted by atomic mass is 9.70.